The van der Waals surface area contributed by atoms with Crippen LogP contribution in [0, 0.1) is 35.5 Å². The lowest BCUT2D eigenvalue weighted by molar-refractivity contribution is -0.225. The first-order valence-corrected chi connectivity index (χ1v) is 7.19. The lowest BCUT2D eigenvalue weighted by Crippen LogP contribution is -2.86. The molecule has 0 aliphatic heterocycles. The van der Waals surface area contributed by atoms with E-state index in [0.717, 1.165) is 35.5 Å². The van der Waals surface area contributed by atoms with E-state index >= 15 is 0 Å². The van der Waals surface area contributed by atoms with Crippen LogP contribution in [0.5, 0.6) is 0 Å². The van der Waals surface area contributed by atoms with Crippen LogP contribution < -0.4 is 11.5 Å². The fourth-order valence-corrected chi connectivity index (χ4v) is 7.15. The lowest BCUT2D eigenvalue weighted by Gasteiger charge is -2.77. The molecule has 8 unspecified atom stereocenters. The number of nitrogens with two attached hydrogens (primary N) is 2. The van der Waals surface area contributed by atoms with Crippen LogP contribution in [-0.4, -0.2) is 11.1 Å². The van der Waals surface area contributed by atoms with Crippen LogP contribution >= 0.6 is 0 Å². The molecule has 8 atom stereocenters. The fourth-order valence-electron chi connectivity index (χ4n) is 7.15. The zero-order valence-corrected chi connectivity index (χ0v) is 9.86. The molecule has 0 radical (unpaired) electrons. The van der Waals surface area contributed by atoms with Gasteiger partial charge in [-0.05, 0) is 74.0 Å². The molecular weight excluding hydrogens is 196 g/mol. The summed E-state index contributed by atoms with van der Waals surface area (Å²) >= 11 is 0. The van der Waals surface area contributed by atoms with Crippen LogP contribution in [0.3, 0.4) is 0 Å². The van der Waals surface area contributed by atoms with Crippen LogP contribution in [-0.2, 0) is 0 Å². The molecule has 0 spiro atoms. The van der Waals surface area contributed by atoms with Crippen LogP contribution in [0.2, 0.25) is 0 Å². The van der Waals surface area contributed by atoms with E-state index in [1.807, 2.05) is 0 Å². The minimum absolute atomic E-state index is 0.0386. The zero-order valence-electron chi connectivity index (χ0n) is 9.86. The Morgan fingerprint density at radius 2 is 1.12 bits per heavy atom. The maximum Gasteiger partial charge on any atom is 0.0373 e. The van der Waals surface area contributed by atoms with Gasteiger partial charge >= 0.3 is 0 Å². The van der Waals surface area contributed by atoms with E-state index in [-0.39, 0.29) is 11.1 Å². The van der Waals surface area contributed by atoms with Crippen LogP contribution in [0.25, 0.3) is 0 Å². The van der Waals surface area contributed by atoms with E-state index in [0.29, 0.717) is 0 Å². The van der Waals surface area contributed by atoms with Crippen LogP contribution in [0.1, 0.15) is 38.5 Å². The normalized spacial score (nSPS) is 73.9. The van der Waals surface area contributed by atoms with E-state index < -0.39 is 0 Å². The molecule has 16 heavy (non-hydrogen) atoms. The van der Waals surface area contributed by atoms with E-state index in [2.05, 4.69) is 0 Å². The van der Waals surface area contributed by atoms with Gasteiger partial charge in [-0.3, -0.25) is 0 Å². The average Bonchev–Trinajstić information content (AvgIpc) is 2.25. The first-order chi connectivity index (χ1) is 7.62. The van der Waals surface area contributed by atoms with Gasteiger partial charge in [0, 0.05) is 11.1 Å². The standard InChI is InChI=1S/C14H22N2/c15-13-5-7-1-9-10-2-8(4-11(9)13)6-14(13,16)12(10)3-7/h7-12H,1-6,15-16H2. The maximum absolute atomic E-state index is 6.86. The summed E-state index contributed by atoms with van der Waals surface area (Å²) in [5.74, 6) is 5.38. The SMILES string of the molecule is NC12CC3CC4C5CC(CC41)CC2(N)C5C3. The molecule has 0 saturated heterocycles. The first kappa shape index (κ1) is 8.93. The summed E-state index contributed by atoms with van der Waals surface area (Å²) in [7, 11) is 0. The molecule has 7 aliphatic carbocycles. The Hall–Kier alpha value is -0.0800. The number of hydrogen-bond donors (Lipinski definition) is 2. The van der Waals surface area contributed by atoms with Gasteiger partial charge in [-0.15, -0.1) is 0 Å². The van der Waals surface area contributed by atoms with Crippen LogP contribution in [0.15, 0.2) is 0 Å². The molecule has 0 aromatic carbocycles. The second kappa shape index (κ2) is 2.24. The third kappa shape index (κ3) is 0.669. The van der Waals surface area contributed by atoms with Crippen molar-refractivity contribution in [3.63, 3.8) is 0 Å². The summed E-state index contributed by atoms with van der Waals surface area (Å²) in [5.41, 5.74) is 13.8. The van der Waals surface area contributed by atoms with Gasteiger partial charge < -0.3 is 11.5 Å². The van der Waals surface area contributed by atoms with Crippen molar-refractivity contribution in [1.82, 2.24) is 0 Å². The molecule has 0 aromatic heterocycles. The summed E-state index contributed by atoms with van der Waals surface area (Å²) in [6.07, 6.45) is 8.31. The Balaban J connectivity index is 1.77. The van der Waals surface area contributed by atoms with Gasteiger partial charge in [-0.1, -0.05) is 0 Å². The molecule has 0 aromatic rings. The summed E-state index contributed by atoms with van der Waals surface area (Å²) in [6, 6.07) is 0. The smallest absolute Gasteiger partial charge is 0.0373 e. The monoisotopic (exact) mass is 218 g/mol. The molecule has 88 valence electrons. The molecule has 0 amide bonds. The molecule has 2 heteroatoms. The fraction of sp³-hybridized carbons (Fsp3) is 1.00. The summed E-state index contributed by atoms with van der Waals surface area (Å²) in [4.78, 5) is 0. The molecule has 7 rings (SSSR count). The molecule has 7 aliphatic rings. The molecule has 0 heterocycles. The second-order valence-corrected chi connectivity index (χ2v) is 7.70. The van der Waals surface area contributed by atoms with Crippen molar-refractivity contribution >= 4 is 0 Å². The van der Waals surface area contributed by atoms with E-state index in [4.69, 9.17) is 11.5 Å². The minimum Gasteiger partial charge on any atom is -0.323 e. The summed E-state index contributed by atoms with van der Waals surface area (Å²) in [5, 5.41) is 0. The van der Waals surface area contributed by atoms with Crippen LogP contribution in [0.4, 0.5) is 0 Å². The van der Waals surface area contributed by atoms with Gasteiger partial charge in [0.25, 0.3) is 0 Å². The van der Waals surface area contributed by atoms with Gasteiger partial charge in [-0.25, -0.2) is 0 Å². The predicted octanol–water partition coefficient (Wildman–Crippen LogP) is 1.49. The molecule has 2 nitrogen and oxygen atoms in total. The molecule has 8 bridgehead atoms. The minimum atomic E-state index is 0.0386. The predicted molar refractivity (Wildman–Crippen MR) is 62.5 cm³/mol. The van der Waals surface area contributed by atoms with Crippen molar-refractivity contribution in [2.45, 2.75) is 49.6 Å². The summed E-state index contributed by atoms with van der Waals surface area (Å²) in [6.45, 7) is 0. The van der Waals surface area contributed by atoms with Crippen molar-refractivity contribution < 1.29 is 0 Å². The molecule has 7 fully saturated rings. The maximum atomic E-state index is 6.86. The molecule has 4 N–H and O–H groups in total. The van der Waals surface area contributed by atoms with E-state index in [1.54, 1.807) is 0 Å². The topological polar surface area (TPSA) is 52.0 Å². The van der Waals surface area contributed by atoms with Crippen molar-refractivity contribution in [3.05, 3.63) is 0 Å². The Bertz CT molecular complexity index is 345. The van der Waals surface area contributed by atoms with E-state index in [1.165, 1.54) is 38.5 Å². The quantitative estimate of drug-likeness (QED) is 0.647. The first-order valence-electron chi connectivity index (χ1n) is 7.19. The Kier molecular flexibility index (Phi) is 1.25. The lowest BCUT2D eigenvalue weighted by atomic mass is 9.31. The number of rotatable bonds is 0. The van der Waals surface area contributed by atoms with Crippen molar-refractivity contribution in [2.24, 2.45) is 47.0 Å². The summed E-state index contributed by atoms with van der Waals surface area (Å²) < 4.78 is 0. The van der Waals surface area contributed by atoms with Gasteiger partial charge in [0.1, 0.15) is 0 Å². The average molecular weight is 218 g/mol. The van der Waals surface area contributed by atoms with Gasteiger partial charge in [0.15, 0.2) is 0 Å². The Morgan fingerprint density at radius 1 is 0.688 bits per heavy atom. The third-order valence-corrected chi connectivity index (χ3v) is 7.41. The van der Waals surface area contributed by atoms with E-state index in [9.17, 15) is 0 Å². The third-order valence-electron chi connectivity index (χ3n) is 7.41. The second-order valence-electron chi connectivity index (χ2n) is 7.70. The largest absolute Gasteiger partial charge is 0.323 e. The highest BCUT2D eigenvalue weighted by atomic mass is 15.0. The molecular formula is C14H22N2. The highest BCUT2D eigenvalue weighted by Gasteiger charge is 2.74. The van der Waals surface area contributed by atoms with Crippen molar-refractivity contribution in [1.29, 1.82) is 0 Å². The van der Waals surface area contributed by atoms with Gasteiger partial charge in [-0.2, -0.15) is 0 Å². The molecule has 7 saturated carbocycles. The van der Waals surface area contributed by atoms with Gasteiger partial charge in [0.2, 0.25) is 0 Å². The highest BCUT2D eigenvalue weighted by Crippen LogP contribution is 2.72. The Labute approximate surface area is 97.1 Å². The van der Waals surface area contributed by atoms with Crippen molar-refractivity contribution in [2.75, 3.05) is 0 Å². The number of hydrogen-bond acceptors (Lipinski definition) is 2. The van der Waals surface area contributed by atoms with Gasteiger partial charge in [0.05, 0.1) is 0 Å². The Morgan fingerprint density at radius 3 is 1.56 bits per heavy atom. The highest BCUT2D eigenvalue weighted by molar-refractivity contribution is 5.30. The van der Waals surface area contributed by atoms with Crippen molar-refractivity contribution in [3.8, 4) is 0 Å². The zero-order chi connectivity index (χ0) is 10.7.